The first kappa shape index (κ1) is 25.3. The van der Waals surface area contributed by atoms with Crippen molar-refractivity contribution in [1.82, 2.24) is 4.90 Å². The standard InChI is InChI=1S/C19H27N3O7S/c1-5-8-29-19(26)16-12(3)15(18(25)28-6-2)17(30-16)21-14(24)11-22(7-9-27-4)10-13(20)23/h5H,1,6-11H2,2-4H3,(H2,20,23)(H,21,24). The van der Waals surface area contributed by atoms with Crippen molar-refractivity contribution in [3.8, 4) is 0 Å². The van der Waals surface area contributed by atoms with Crippen molar-refractivity contribution in [2.24, 2.45) is 5.73 Å². The Balaban J connectivity index is 3.10. The Labute approximate surface area is 178 Å². The zero-order valence-corrected chi connectivity index (χ0v) is 18.1. The Morgan fingerprint density at radius 2 is 1.90 bits per heavy atom. The number of methoxy groups -OCH3 is 1. The highest BCUT2D eigenvalue weighted by molar-refractivity contribution is 7.18. The number of nitrogens with two attached hydrogens (primary N) is 1. The Kier molecular flexibility index (Phi) is 10.7. The van der Waals surface area contributed by atoms with Crippen molar-refractivity contribution in [3.05, 3.63) is 28.7 Å². The molecule has 0 saturated heterocycles. The van der Waals surface area contributed by atoms with Crippen LogP contribution in [0.3, 0.4) is 0 Å². The molecule has 0 spiro atoms. The molecule has 0 fully saturated rings. The van der Waals surface area contributed by atoms with Crippen LogP contribution in [-0.4, -0.2) is 75.2 Å². The molecule has 10 nitrogen and oxygen atoms in total. The summed E-state index contributed by atoms with van der Waals surface area (Å²) in [4.78, 5) is 50.1. The first-order chi connectivity index (χ1) is 14.2. The van der Waals surface area contributed by atoms with Crippen LogP contribution in [0, 0.1) is 6.92 Å². The van der Waals surface area contributed by atoms with Crippen LogP contribution in [0.4, 0.5) is 5.00 Å². The van der Waals surface area contributed by atoms with Gasteiger partial charge in [-0.15, -0.1) is 11.3 Å². The van der Waals surface area contributed by atoms with Crippen molar-refractivity contribution in [2.75, 3.05) is 51.9 Å². The van der Waals surface area contributed by atoms with E-state index in [1.54, 1.807) is 13.8 Å². The van der Waals surface area contributed by atoms with Gasteiger partial charge >= 0.3 is 11.9 Å². The van der Waals surface area contributed by atoms with Gasteiger partial charge in [-0.25, -0.2) is 9.59 Å². The maximum absolute atomic E-state index is 12.5. The van der Waals surface area contributed by atoms with Gasteiger partial charge in [-0.05, 0) is 19.4 Å². The summed E-state index contributed by atoms with van der Waals surface area (Å²) in [5.41, 5.74) is 5.64. The maximum Gasteiger partial charge on any atom is 0.348 e. The molecule has 30 heavy (non-hydrogen) atoms. The lowest BCUT2D eigenvalue weighted by Crippen LogP contribution is -2.40. The van der Waals surface area contributed by atoms with E-state index in [1.165, 1.54) is 18.1 Å². The van der Waals surface area contributed by atoms with Gasteiger partial charge in [0.15, 0.2) is 0 Å². The Hall–Kier alpha value is -2.76. The van der Waals surface area contributed by atoms with E-state index in [-0.39, 0.29) is 41.7 Å². The van der Waals surface area contributed by atoms with Gasteiger partial charge in [0, 0.05) is 13.7 Å². The van der Waals surface area contributed by atoms with Gasteiger partial charge in [0.1, 0.15) is 16.5 Å². The number of nitrogens with zero attached hydrogens (tertiary/aromatic N) is 1. The predicted octanol–water partition coefficient (Wildman–Crippen LogP) is 0.948. The number of anilines is 1. The average Bonchev–Trinajstić information content (AvgIpc) is 2.99. The summed E-state index contributed by atoms with van der Waals surface area (Å²) in [6, 6.07) is 0. The van der Waals surface area contributed by atoms with Crippen LogP contribution in [0.5, 0.6) is 0 Å². The van der Waals surface area contributed by atoms with Crippen LogP contribution in [0.1, 0.15) is 32.5 Å². The zero-order valence-electron chi connectivity index (χ0n) is 17.3. The van der Waals surface area contributed by atoms with Gasteiger partial charge in [0.25, 0.3) is 0 Å². The molecule has 0 aliphatic carbocycles. The summed E-state index contributed by atoms with van der Waals surface area (Å²) >= 11 is 0.910. The SMILES string of the molecule is C=CCOC(=O)c1sc(NC(=O)CN(CCOC)CC(N)=O)c(C(=O)OCC)c1C. The van der Waals surface area contributed by atoms with E-state index in [0.29, 0.717) is 18.7 Å². The monoisotopic (exact) mass is 441 g/mol. The molecular formula is C19H27N3O7S. The number of thiophene rings is 1. The number of amides is 2. The highest BCUT2D eigenvalue weighted by Crippen LogP contribution is 2.34. The van der Waals surface area contributed by atoms with Crippen LogP contribution < -0.4 is 11.1 Å². The maximum atomic E-state index is 12.5. The van der Waals surface area contributed by atoms with Gasteiger partial charge in [-0.2, -0.15) is 0 Å². The van der Waals surface area contributed by atoms with E-state index in [0.717, 1.165) is 11.3 Å². The van der Waals surface area contributed by atoms with Gasteiger partial charge in [-0.3, -0.25) is 14.5 Å². The number of esters is 2. The second-order valence-electron chi connectivity index (χ2n) is 6.09. The second kappa shape index (κ2) is 12.7. The number of nitrogens with one attached hydrogen (secondary N) is 1. The molecule has 1 aromatic heterocycles. The number of ether oxygens (including phenoxy) is 3. The van der Waals surface area contributed by atoms with Crippen molar-refractivity contribution < 1.29 is 33.4 Å². The molecule has 3 N–H and O–H groups in total. The molecule has 1 rings (SSSR count). The van der Waals surface area contributed by atoms with Gasteiger partial charge in [0.05, 0.1) is 31.9 Å². The molecule has 11 heteroatoms. The quantitative estimate of drug-likeness (QED) is 0.341. The van der Waals surface area contributed by atoms with E-state index in [2.05, 4.69) is 11.9 Å². The van der Waals surface area contributed by atoms with E-state index >= 15 is 0 Å². The summed E-state index contributed by atoms with van der Waals surface area (Å²) in [6.45, 7) is 7.14. The third-order valence-electron chi connectivity index (χ3n) is 3.76. The van der Waals surface area contributed by atoms with Crippen LogP contribution in [0.2, 0.25) is 0 Å². The van der Waals surface area contributed by atoms with Crippen LogP contribution >= 0.6 is 11.3 Å². The third-order valence-corrected chi connectivity index (χ3v) is 4.94. The lowest BCUT2D eigenvalue weighted by molar-refractivity contribution is -0.121. The fourth-order valence-electron chi connectivity index (χ4n) is 2.47. The molecule has 0 aromatic carbocycles. The lowest BCUT2D eigenvalue weighted by atomic mass is 10.1. The third kappa shape index (κ3) is 7.58. The Morgan fingerprint density at radius 1 is 1.20 bits per heavy atom. The minimum atomic E-state index is -0.669. The average molecular weight is 442 g/mol. The summed E-state index contributed by atoms with van der Waals surface area (Å²) in [5.74, 6) is -2.40. The molecule has 0 bridgehead atoms. The first-order valence-corrected chi connectivity index (χ1v) is 9.94. The minimum Gasteiger partial charge on any atom is -0.462 e. The highest BCUT2D eigenvalue weighted by atomic mass is 32.1. The van der Waals surface area contributed by atoms with Crippen molar-refractivity contribution in [1.29, 1.82) is 0 Å². The zero-order chi connectivity index (χ0) is 22.7. The first-order valence-electron chi connectivity index (χ1n) is 9.13. The van der Waals surface area contributed by atoms with E-state index in [4.69, 9.17) is 19.9 Å². The molecule has 0 saturated carbocycles. The largest absolute Gasteiger partial charge is 0.462 e. The van der Waals surface area contributed by atoms with Crippen LogP contribution in [0.25, 0.3) is 0 Å². The smallest absolute Gasteiger partial charge is 0.348 e. The minimum absolute atomic E-state index is 0.00812. The molecule has 0 aliphatic heterocycles. The van der Waals surface area contributed by atoms with Crippen LogP contribution in [0.15, 0.2) is 12.7 Å². The van der Waals surface area contributed by atoms with E-state index in [1.807, 2.05) is 0 Å². The lowest BCUT2D eigenvalue weighted by Gasteiger charge is -2.19. The van der Waals surface area contributed by atoms with Crippen molar-refractivity contribution in [2.45, 2.75) is 13.8 Å². The molecule has 0 atom stereocenters. The molecule has 166 valence electrons. The number of primary amides is 1. The molecule has 2 amide bonds. The molecule has 1 heterocycles. The van der Waals surface area contributed by atoms with Gasteiger partial charge in [0.2, 0.25) is 11.8 Å². The summed E-state index contributed by atoms with van der Waals surface area (Å²) in [6.07, 6.45) is 1.42. The number of carbonyl (C=O) groups excluding carboxylic acids is 4. The molecule has 0 aliphatic rings. The Bertz CT molecular complexity index is 791. The summed E-state index contributed by atoms with van der Waals surface area (Å²) < 4.78 is 15.1. The van der Waals surface area contributed by atoms with Gasteiger partial charge < -0.3 is 25.3 Å². The number of carbonyl (C=O) groups is 4. The fourth-order valence-corrected chi connectivity index (χ4v) is 3.57. The second-order valence-corrected chi connectivity index (χ2v) is 7.11. The van der Waals surface area contributed by atoms with E-state index < -0.39 is 23.8 Å². The molecule has 0 unspecified atom stereocenters. The van der Waals surface area contributed by atoms with Crippen LogP contribution in [-0.2, 0) is 23.8 Å². The number of hydrogen-bond acceptors (Lipinski definition) is 9. The summed E-state index contributed by atoms with van der Waals surface area (Å²) in [5, 5.41) is 2.78. The summed E-state index contributed by atoms with van der Waals surface area (Å²) in [7, 11) is 1.50. The normalized spacial score (nSPS) is 10.5. The molecule has 0 radical (unpaired) electrons. The van der Waals surface area contributed by atoms with E-state index in [9.17, 15) is 19.2 Å². The predicted molar refractivity (Wildman–Crippen MR) is 112 cm³/mol. The molecular weight excluding hydrogens is 414 g/mol. The fraction of sp³-hybridized carbons (Fsp3) is 0.474. The van der Waals surface area contributed by atoms with Crippen molar-refractivity contribution >= 4 is 40.1 Å². The number of rotatable bonds is 13. The Morgan fingerprint density at radius 3 is 2.47 bits per heavy atom. The number of hydrogen-bond donors (Lipinski definition) is 2. The molecule has 1 aromatic rings. The van der Waals surface area contributed by atoms with Gasteiger partial charge in [-0.1, -0.05) is 12.7 Å². The highest BCUT2D eigenvalue weighted by Gasteiger charge is 2.27. The topological polar surface area (TPSA) is 137 Å². The van der Waals surface area contributed by atoms with Crippen molar-refractivity contribution in [3.63, 3.8) is 0 Å².